The molecule has 1 atom stereocenters. The Labute approximate surface area is 119 Å². The van der Waals surface area contributed by atoms with Gasteiger partial charge in [-0.1, -0.05) is 17.7 Å². The van der Waals surface area contributed by atoms with Crippen molar-refractivity contribution in [3.05, 3.63) is 34.6 Å². The summed E-state index contributed by atoms with van der Waals surface area (Å²) in [5.41, 5.74) is 0.780. The van der Waals surface area contributed by atoms with Crippen molar-refractivity contribution in [3.63, 3.8) is 0 Å². The van der Waals surface area contributed by atoms with E-state index >= 15 is 0 Å². The first kappa shape index (κ1) is 14.8. The van der Waals surface area contributed by atoms with E-state index in [2.05, 4.69) is 31.0 Å². The van der Waals surface area contributed by atoms with Gasteiger partial charge in [-0.25, -0.2) is 4.39 Å². The van der Waals surface area contributed by atoms with Crippen molar-refractivity contribution in [3.8, 4) is 0 Å². The minimum atomic E-state index is -0.213. The Morgan fingerprint density at radius 1 is 1.47 bits per heavy atom. The molecule has 1 aliphatic heterocycles. The molecule has 4 heteroatoms. The third-order valence-electron chi connectivity index (χ3n) is 3.78. The van der Waals surface area contributed by atoms with E-state index in [0.717, 1.165) is 19.5 Å². The highest BCUT2D eigenvalue weighted by Gasteiger charge is 2.28. The Balaban J connectivity index is 2.15. The Morgan fingerprint density at radius 2 is 2.21 bits per heavy atom. The van der Waals surface area contributed by atoms with Crippen molar-refractivity contribution in [2.75, 3.05) is 13.1 Å². The predicted molar refractivity (Wildman–Crippen MR) is 78.0 cm³/mol. The van der Waals surface area contributed by atoms with Crippen molar-refractivity contribution in [1.82, 2.24) is 10.2 Å². The number of nitrogens with one attached hydrogen (secondary N) is 1. The average molecular weight is 285 g/mol. The summed E-state index contributed by atoms with van der Waals surface area (Å²) in [5, 5.41) is 3.99. The molecular weight excluding hydrogens is 263 g/mol. The average Bonchev–Trinajstić information content (AvgIpc) is 2.42. The summed E-state index contributed by atoms with van der Waals surface area (Å²) in [5.74, 6) is -0.213. The summed E-state index contributed by atoms with van der Waals surface area (Å²) in [6, 6.07) is 5.38. The summed E-state index contributed by atoms with van der Waals surface area (Å²) in [7, 11) is 0. The van der Waals surface area contributed by atoms with E-state index in [9.17, 15) is 4.39 Å². The molecule has 2 rings (SSSR count). The van der Waals surface area contributed by atoms with Gasteiger partial charge in [0.05, 0.1) is 0 Å². The molecule has 1 aliphatic rings. The first-order valence-electron chi connectivity index (χ1n) is 6.80. The zero-order valence-electron chi connectivity index (χ0n) is 11.8. The molecule has 19 heavy (non-hydrogen) atoms. The van der Waals surface area contributed by atoms with Crippen LogP contribution in [0, 0.1) is 5.82 Å². The quantitative estimate of drug-likeness (QED) is 0.895. The molecule has 0 radical (unpaired) electrons. The summed E-state index contributed by atoms with van der Waals surface area (Å²) in [6.45, 7) is 9.14. The van der Waals surface area contributed by atoms with Gasteiger partial charge >= 0.3 is 0 Å². The van der Waals surface area contributed by atoms with Crippen LogP contribution >= 0.6 is 11.6 Å². The Hall–Kier alpha value is -0.640. The second kappa shape index (κ2) is 5.78. The maximum absolute atomic E-state index is 13.9. The number of hydrogen-bond acceptors (Lipinski definition) is 2. The van der Waals surface area contributed by atoms with Gasteiger partial charge in [0.25, 0.3) is 0 Å². The van der Waals surface area contributed by atoms with Crippen molar-refractivity contribution >= 4 is 11.6 Å². The van der Waals surface area contributed by atoms with Gasteiger partial charge in [0.2, 0.25) is 0 Å². The Kier molecular flexibility index (Phi) is 4.49. The summed E-state index contributed by atoms with van der Waals surface area (Å²) in [6.07, 6.45) is 1.08. The monoisotopic (exact) mass is 284 g/mol. The number of benzene rings is 1. The molecule has 1 unspecified atom stereocenters. The molecule has 106 valence electrons. The van der Waals surface area contributed by atoms with Crippen molar-refractivity contribution in [2.45, 2.75) is 45.3 Å². The van der Waals surface area contributed by atoms with Gasteiger partial charge in [0, 0.05) is 35.3 Å². The van der Waals surface area contributed by atoms with E-state index in [4.69, 9.17) is 11.6 Å². The van der Waals surface area contributed by atoms with Gasteiger partial charge in [-0.3, -0.25) is 4.90 Å². The van der Waals surface area contributed by atoms with Crippen molar-refractivity contribution < 1.29 is 4.39 Å². The minimum Gasteiger partial charge on any atom is -0.310 e. The van der Waals surface area contributed by atoms with Crippen LogP contribution in [0.15, 0.2) is 18.2 Å². The van der Waals surface area contributed by atoms with Crippen LogP contribution < -0.4 is 5.32 Å². The largest absolute Gasteiger partial charge is 0.310 e. The topological polar surface area (TPSA) is 15.3 Å². The smallest absolute Gasteiger partial charge is 0.129 e. The van der Waals surface area contributed by atoms with Crippen LogP contribution in [0.2, 0.25) is 5.02 Å². The molecule has 0 saturated carbocycles. The highest BCUT2D eigenvalue weighted by molar-refractivity contribution is 6.30. The van der Waals surface area contributed by atoms with Crippen molar-refractivity contribution in [1.29, 1.82) is 0 Å². The zero-order valence-corrected chi connectivity index (χ0v) is 12.6. The van der Waals surface area contributed by atoms with E-state index in [0.29, 0.717) is 23.2 Å². The third kappa shape index (κ3) is 3.91. The van der Waals surface area contributed by atoms with Crippen LogP contribution in [-0.2, 0) is 6.54 Å². The highest BCUT2D eigenvalue weighted by Crippen LogP contribution is 2.21. The van der Waals surface area contributed by atoms with Gasteiger partial charge in [-0.15, -0.1) is 0 Å². The number of nitrogens with zero attached hydrogens (tertiary/aromatic N) is 1. The number of halogens is 2. The first-order valence-corrected chi connectivity index (χ1v) is 7.18. The van der Waals surface area contributed by atoms with Crippen LogP contribution in [-0.4, -0.2) is 29.6 Å². The Morgan fingerprint density at radius 3 is 2.89 bits per heavy atom. The molecule has 0 bridgehead atoms. The molecule has 1 fully saturated rings. The van der Waals surface area contributed by atoms with E-state index in [-0.39, 0.29) is 11.4 Å². The zero-order chi connectivity index (χ0) is 14.0. The van der Waals surface area contributed by atoms with Crippen LogP contribution in [0.3, 0.4) is 0 Å². The normalized spacial score (nSPS) is 24.2. The fourth-order valence-electron chi connectivity index (χ4n) is 2.60. The van der Waals surface area contributed by atoms with Crippen LogP contribution in [0.1, 0.15) is 32.8 Å². The second-order valence-corrected chi connectivity index (χ2v) is 6.53. The van der Waals surface area contributed by atoms with E-state index in [1.165, 1.54) is 6.07 Å². The molecule has 2 nitrogen and oxygen atoms in total. The standard InChI is InChI=1S/C15H22ClFN2/c1-11-6-7-18-15(2,3)10-19(11)9-12-4-5-13(16)8-14(12)17/h4-5,8,11,18H,6-7,9-10H2,1-3H3. The van der Waals surface area contributed by atoms with Crippen LogP contribution in [0.5, 0.6) is 0 Å². The van der Waals surface area contributed by atoms with Gasteiger partial charge in [-0.05, 0) is 45.9 Å². The Bertz CT molecular complexity index is 448. The highest BCUT2D eigenvalue weighted by atomic mass is 35.5. The maximum Gasteiger partial charge on any atom is 0.129 e. The lowest BCUT2D eigenvalue weighted by molar-refractivity contribution is 0.171. The third-order valence-corrected chi connectivity index (χ3v) is 4.01. The van der Waals surface area contributed by atoms with Crippen LogP contribution in [0.4, 0.5) is 4.39 Å². The van der Waals surface area contributed by atoms with Gasteiger partial charge in [-0.2, -0.15) is 0 Å². The lowest BCUT2D eigenvalue weighted by atomic mass is 10.0. The summed E-state index contributed by atoms with van der Waals surface area (Å²) >= 11 is 5.80. The number of rotatable bonds is 2. The summed E-state index contributed by atoms with van der Waals surface area (Å²) in [4.78, 5) is 2.34. The van der Waals surface area contributed by atoms with E-state index < -0.39 is 0 Å². The second-order valence-electron chi connectivity index (χ2n) is 6.09. The molecular formula is C15H22ClFN2. The van der Waals surface area contributed by atoms with Crippen molar-refractivity contribution in [2.24, 2.45) is 0 Å². The first-order chi connectivity index (χ1) is 8.87. The molecule has 1 heterocycles. The lowest BCUT2D eigenvalue weighted by Crippen LogP contribution is -2.47. The molecule has 0 aliphatic carbocycles. The lowest BCUT2D eigenvalue weighted by Gasteiger charge is -2.33. The summed E-state index contributed by atoms with van der Waals surface area (Å²) < 4.78 is 13.9. The molecule has 1 saturated heterocycles. The molecule has 0 amide bonds. The van der Waals surface area contributed by atoms with E-state index in [1.807, 2.05) is 0 Å². The molecule has 0 spiro atoms. The molecule has 1 N–H and O–H groups in total. The molecule has 1 aromatic carbocycles. The predicted octanol–water partition coefficient (Wildman–Crippen LogP) is 3.44. The SMILES string of the molecule is CC1CCNC(C)(C)CN1Cc1ccc(Cl)cc1F. The van der Waals surface area contributed by atoms with Gasteiger partial charge < -0.3 is 5.32 Å². The molecule has 1 aromatic rings. The van der Waals surface area contributed by atoms with E-state index in [1.54, 1.807) is 12.1 Å². The molecule has 0 aromatic heterocycles. The number of hydrogen-bond donors (Lipinski definition) is 1. The van der Waals surface area contributed by atoms with Crippen LogP contribution in [0.25, 0.3) is 0 Å². The minimum absolute atomic E-state index is 0.0632. The van der Waals surface area contributed by atoms with Gasteiger partial charge in [0.1, 0.15) is 5.82 Å². The van der Waals surface area contributed by atoms with Gasteiger partial charge in [0.15, 0.2) is 0 Å². The maximum atomic E-state index is 13.9. The fourth-order valence-corrected chi connectivity index (χ4v) is 2.76. The fraction of sp³-hybridized carbons (Fsp3) is 0.600.